The molecule has 1 aromatic heterocycles. The molecule has 2 unspecified atom stereocenters. The number of aryl methyl sites for hydroxylation is 1. The van der Waals surface area contributed by atoms with Gasteiger partial charge in [0.2, 0.25) is 0 Å². The van der Waals surface area contributed by atoms with Crippen molar-refractivity contribution < 1.29 is 19.1 Å². The summed E-state index contributed by atoms with van der Waals surface area (Å²) >= 11 is 0. The average molecular weight is 332 g/mol. The lowest BCUT2D eigenvalue weighted by Crippen LogP contribution is -2.65. The third-order valence-corrected chi connectivity index (χ3v) is 7.63. The van der Waals surface area contributed by atoms with E-state index >= 15 is 0 Å². The zero-order chi connectivity index (χ0) is 17.2. The van der Waals surface area contributed by atoms with Crippen LogP contribution in [0.5, 0.6) is 0 Å². The molecule has 3 fully saturated rings. The summed E-state index contributed by atoms with van der Waals surface area (Å²) in [6.45, 7) is 6.38. The predicted octanol–water partition coefficient (Wildman–Crippen LogP) is 3.72. The summed E-state index contributed by atoms with van der Waals surface area (Å²) < 4.78 is 11.0. The lowest BCUT2D eigenvalue weighted by Gasteiger charge is -2.61. The van der Waals surface area contributed by atoms with E-state index in [1.165, 1.54) is 0 Å². The number of hydrogen-bond acceptors (Lipinski definition) is 4. The molecule has 2 heterocycles. The van der Waals surface area contributed by atoms with E-state index in [2.05, 4.69) is 20.8 Å². The molecule has 0 aromatic carbocycles. The summed E-state index contributed by atoms with van der Waals surface area (Å²) in [5.41, 5.74) is -0.362. The van der Waals surface area contributed by atoms with Crippen LogP contribution in [0, 0.1) is 22.7 Å². The molecular formula is C20H28O4. The zero-order valence-corrected chi connectivity index (χ0v) is 14.9. The molecule has 2 saturated carbocycles. The van der Waals surface area contributed by atoms with E-state index in [9.17, 15) is 9.90 Å². The fourth-order valence-corrected chi connectivity index (χ4v) is 6.30. The second kappa shape index (κ2) is 5.10. The maximum atomic E-state index is 12.6. The van der Waals surface area contributed by atoms with Gasteiger partial charge in [-0.1, -0.05) is 20.3 Å². The van der Waals surface area contributed by atoms with Crippen LogP contribution in [0.2, 0.25) is 0 Å². The number of carbonyl (C=O) groups excluding carboxylic acids is 1. The fourth-order valence-electron chi connectivity index (χ4n) is 6.30. The van der Waals surface area contributed by atoms with Crippen molar-refractivity contribution in [1.82, 2.24) is 0 Å². The van der Waals surface area contributed by atoms with Gasteiger partial charge in [-0.25, -0.2) is 0 Å². The Hall–Kier alpha value is -1.29. The van der Waals surface area contributed by atoms with Crippen molar-refractivity contribution in [2.75, 3.05) is 0 Å². The highest BCUT2D eigenvalue weighted by Crippen LogP contribution is 2.67. The molecule has 132 valence electrons. The van der Waals surface area contributed by atoms with E-state index in [0.29, 0.717) is 6.42 Å². The van der Waals surface area contributed by atoms with Gasteiger partial charge in [0.05, 0.1) is 23.5 Å². The van der Waals surface area contributed by atoms with Gasteiger partial charge >= 0.3 is 5.97 Å². The van der Waals surface area contributed by atoms with Crippen molar-refractivity contribution in [3.8, 4) is 0 Å². The Bertz CT molecular complexity index is 638. The number of ether oxygens (including phenoxy) is 1. The van der Waals surface area contributed by atoms with Crippen LogP contribution >= 0.6 is 0 Å². The highest BCUT2D eigenvalue weighted by Gasteiger charge is 2.70. The van der Waals surface area contributed by atoms with Crippen molar-refractivity contribution >= 4 is 5.97 Å². The minimum absolute atomic E-state index is 0.0306. The largest absolute Gasteiger partial charge is 0.472 e. The minimum Gasteiger partial charge on any atom is -0.472 e. The molecule has 4 rings (SSSR count). The van der Waals surface area contributed by atoms with Gasteiger partial charge in [0, 0.05) is 11.3 Å². The van der Waals surface area contributed by atoms with Gasteiger partial charge < -0.3 is 14.3 Å². The second-order valence-corrected chi connectivity index (χ2v) is 8.80. The molecule has 1 N–H and O–H groups in total. The van der Waals surface area contributed by atoms with Gasteiger partial charge in [-0.2, -0.15) is 0 Å². The first-order valence-corrected chi connectivity index (χ1v) is 9.26. The summed E-state index contributed by atoms with van der Waals surface area (Å²) in [7, 11) is 0. The average Bonchev–Trinajstić information content (AvgIpc) is 3.12. The van der Waals surface area contributed by atoms with Crippen LogP contribution in [0.3, 0.4) is 0 Å². The molecule has 1 aliphatic heterocycles. The molecule has 24 heavy (non-hydrogen) atoms. The molecule has 1 saturated heterocycles. The third kappa shape index (κ3) is 1.92. The molecule has 2 aliphatic carbocycles. The molecule has 0 amide bonds. The summed E-state index contributed by atoms with van der Waals surface area (Å²) in [5.74, 6) is 0.190. The quantitative estimate of drug-likeness (QED) is 0.857. The lowest BCUT2D eigenvalue weighted by molar-refractivity contribution is -0.217. The van der Waals surface area contributed by atoms with E-state index < -0.39 is 11.0 Å². The van der Waals surface area contributed by atoms with Crippen LogP contribution in [0.25, 0.3) is 0 Å². The number of rotatable bonds is 3. The number of carbonyl (C=O) groups is 1. The molecule has 4 nitrogen and oxygen atoms in total. The zero-order valence-electron chi connectivity index (χ0n) is 14.9. The van der Waals surface area contributed by atoms with Crippen LogP contribution < -0.4 is 0 Å². The van der Waals surface area contributed by atoms with E-state index in [0.717, 1.165) is 37.7 Å². The first kappa shape index (κ1) is 16.2. The monoisotopic (exact) mass is 332 g/mol. The van der Waals surface area contributed by atoms with Crippen LogP contribution in [-0.2, 0) is 16.0 Å². The van der Waals surface area contributed by atoms with Crippen molar-refractivity contribution in [3.63, 3.8) is 0 Å². The lowest BCUT2D eigenvalue weighted by atomic mass is 9.44. The first-order chi connectivity index (χ1) is 11.3. The van der Waals surface area contributed by atoms with Crippen molar-refractivity contribution in [2.24, 2.45) is 22.7 Å². The number of esters is 1. The number of furan rings is 1. The summed E-state index contributed by atoms with van der Waals surface area (Å²) in [5, 5.41) is 11.9. The Morgan fingerprint density at radius 3 is 2.83 bits per heavy atom. The van der Waals surface area contributed by atoms with Crippen LogP contribution in [0.4, 0.5) is 0 Å². The van der Waals surface area contributed by atoms with Gasteiger partial charge in [0.15, 0.2) is 0 Å². The SMILES string of the molecule is C[C@@H]1CC2OC(=O)[C@@]3(C)CCC[C@@](C)(C23)[C@@]1(O)CCc1ccoc1. The maximum absolute atomic E-state index is 12.6. The van der Waals surface area contributed by atoms with Crippen molar-refractivity contribution in [1.29, 1.82) is 0 Å². The summed E-state index contributed by atoms with van der Waals surface area (Å²) in [4.78, 5) is 12.6. The second-order valence-electron chi connectivity index (χ2n) is 8.80. The normalized spacial score (nSPS) is 47.3. The van der Waals surface area contributed by atoms with Crippen molar-refractivity contribution in [3.05, 3.63) is 24.2 Å². The number of hydrogen-bond donors (Lipinski definition) is 1. The highest BCUT2D eigenvalue weighted by molar-refractivity contribution is 5.80. The first-order valence-electron chi connectivity index (χ1n) is 9.26. The Morgan fingerprint density at radius 2 is 2.12 bits per heavy atom. The molecule has 0 spiro atoms. The smallest absolute Gasteiger partial charge is 0.312 e. The van der Waals surface area contributed by atoms with Gasteiger partial charge in [0.25, 0.3) is 0 Å². The summed E-state index contributed by atoms with van der Waals surface area (Å²) in [6, 6.07) is 1.97. The fraction of sp³-hybridized carbons (Fsp3) is 0.750. The molecule has 3 aliphatic rings. The van der Waals surface area contributed by atoms with Gasteiger partial charge in [-0.15, -0.1) is 0 Å². The molecule has 0 bridgehead atoms. The van der Waals surface area contributed by atoms with Crippen LogP contribution in [-0.4, -0.2) is 22.8 Å². The summed E-state index contributed by atoms with van der Waals surface area (Å²) in [6.07, 6.45) is 8.51. The van der Waals surface area contributed by atoms with E-state index in [-0.39, 0.29) is 29.3 Å². The highest BCUT2D eigenvalue weighted by atomic mass is 16.6. The molecular weight excluding hydrogens is 304 g/mol. The van der Waals surface area contributed by atoms with Gasteiger partial charge in [0.1, 0.15) is 6.10 Å². The molecule has 0 radical (unpaired) electrons. The Labute approximate surface area is 143 Å². The topological polar surface area (TPSA) is 59.7 Å². The minimum atomic E-state index is -0.777. The molecule has 1 aromatic rings. The molecule has 4 heteroatoms. The van der Waals surface area contributed by atoms with E-state index in [1.54, 1.807) is 12.5 Å². The van der Waals surface area contributed by atoms with Gasteiger partial charge in [-0.3, -0.25) is 4.79 Å². The van der Waals surface area contributed by atoms with Gasteiger partial charge in [-0.05, 0) is 56.6 Å². The Kier molecular flexibility index (Phi) is 3.44. The van der Waals surface area contributed by atoms with Crippen LogP contribution in [0.1, 0.15) is 58.4 Å². The Balaban J connectivity index is 1.70. The third-order valence-electron chi connectivity index (χ3n) is 7.63. The predicted molar refractivity (Wildman–Crippen MR) is 89.2 cm³/mol. The standard InChI is InChI=1S/C20H28O4/c1-13-11-15-16-18(2,17(21)24-15)7-4-8-19(16,3)20(13,22)9-5-14-6-10-23-12-14/h6,10,12-13,15-16,22H,4-5,7-9,11H2,1-3H3/t13-,15?,16?,18+,19+,20-/m1/s1. The van der Waals surface area contributed by atoms with E-state index in [4.69, 9.17) is 9.15 Å². The Morgan fingerprint density at radius 1 is 1.33 bits per heavy atom. The molecule has 6 atom stereocenters. The number of aliphatic hydroxyl groups is 1. The van der Waals surface area contributed by atoms with E-state index in [1.807, 2.05) is 6.07 Å². The maximum Gasteiger partial charge on any atom is 0.312 e. The van der Waals surface area contributed by atoms with Crippen LogP contribution in [0.15, 0.2) is 23.0 Å². The van der Waals surface area contributed by atoms with Crippen molar-refractivity contribution in [2.45, 2.75) is 71.0 Å².